The second-order valence-corrected chi connectivity index (χ2v) is 9.67. The number of nitrogens with zero attached hydrogens (tertiary/aromatic N) is 2. The van der Waals surface area contributed by atoms with Crippen molar-refractivity contribution in [2.45, 2.75) is 31.8 Å². The van der Waals surface area contributed by atoms with Crippen molar-refractivity contribution in [3.8, 4) is 5.75 Å². The first-order valence-corrected chi connectivity index (χ1v) is 12.3. The Bertz CT molecular complexity index is 1030. The van der Waals surface area contributed by atoms with E-state index in [9.17, 15) is 9.18 Å². The molecule has 0 aliphatic carbocycles. The van der Waals surface area contributed by atoms with E-state index in [0.29, 0.717) is 17.9 Å². The first kappa shape index (κ1) is 23.5. The maximum Gasteiger partial charge on any atom is 0.263 e. The van der Waals surface area contributed by atoms with E-state index >= 15 is 0 Å². The fourth-order valence-corrected chi connectivity index (χ4v) is 5.42. The zero-order valence-electron chi connectivity index (χ0n) is 19.2. The van der Waals surface area contributed by atoms with Crippen LogP contribution in [0.3, 0.4) is 0 Å². The van der Waals surface area contributed by atoms with E-state index in [0.717, 1.165) is 43.1 Å². The maximum absolute atomic E-state index is 14.5. The first-order chi connectivity index (χ1) is 16.0. The number of rotatable bonds is 8. The van der Waals surface area contributed by atoms with Crippen LogP contribution in [0.15, 0.2) is 66.0 Å². The topological polar surface area (TPSA) is 32.8 Å². The van der Waals surface area contributed by atoms with E-state index in [-0.39, 0.29) is 17.8 Å². The quantitative estimate of drug-likeness (QED) is 0.440. The van der Waals surface area contributed by atoms with E-state index in [1.807, 2.05) is 53.7 Å². The van der Waals surface area contributed by atoms with Gasteiger partial charge in [0.15, 0.2) is 0 Å². The molecule has 1 aromatic heterocycles. The Hall–Kier alpha value is -2.70. The summed E-state index contributed by atoms with van der Waals surface area (Å²) < 4.78 is 19.7. The van der Waals surface area contributed by atoms with Gasteiger partial charge in [-0.15, -0.1) is 11.3 Å². The Labute approximate surface area is 199 Å². The van der Waals surface area contributed by atoms with Crippen LogP contribution in [0.1, 0.15) is 33.6 Å². The summed E-state index contributed by atoms with van der Waals surface area (Å²) in [4.78, 5) is 18.2. The molecule has 0 spiro atoms. The van der Waals surface area contributed by atoms with Crippen molar-refractivity contribution in [1.82, 2.24) is 9.80 Å². The molecule has 2 aromatic carbocycles. The minimum Gasteiger partial charge on any atom is -0.497 e. The lowest BCUT2D eigenvalue weighted by Gasteiger charge is -2.40. The van der Waals surface area contributed by atoms with E-state index in [4.69, 9.17) is 4.74 Å². The zero-order valence-corrected chi connectivity index (χ0v) is 20.1. The number of hydrogen-bond donors (Lipinski definition) is 0. The normalized spacial score (nSPS) is 15.8. The number of carbonyl (C=O) groups is 1. The van der Waals surface area contributed by atoms with E-state index in [1.165, 1.54) is 23.0 Å². The number of likely N-dealkylation sites (N-methyl/N-ethyl adjacent to an activating group) is 1. The molecule has 1 fully saturated rings. The van der Waals surface area contributed by atoms with E-state index in [1.54, 1.807) is 13.2 Å². The molecule has 1 unspecified atom stereocenters. The van der Waals surface area contributed by atoms with Crippen molar-refractivity contribution < 1.29 is 13.9 Å². The monoisotopic (exact) mass is 466 g/mol. The van der Waals surface area contributed by atoms with Crippen LogP contribution >= 0.6 is 11.3 Å². The third kappa shape index (κ3) is 5.81. The van der Waals surface area contributed by atoms with Crippen LogP contribution in [0.25, 0.3) is 0 Å². The van der Waals surface area contributed by atoms with Gasteiger partial charge in [0, 0.05) is 19.6 Å². The molecule has 3 aromatic rings. The molecule has 1 atom stereocenters. The van der Waals surface area contributed by atoms with Gasteiger partial charge in [-0.3, -0.25) is 9.69 Å². The summed E-state index contributed by atoms with van der Waals surface area (Å²) in [6, 6.07) is 18.9. The molecule has 0 bridgehead atoms. The lowest BCUT2D eigenvalue weighted by Crippen LogP contribution is -2.47. The molecule has 1 aliphatic rings. The molecule has 1 saturated heterocycles. The molecular weight excluding hydrogens is 435 g/mol. The molecule has 0 radical (unpaired) electrons. The number of thiophene rings is 1. The summed E-state index contributed by atoms with van der Waals surface area (Å²) in [5.41, 5.74) is 1.94. The molecule has 1 amide bonds. The SMILES string of the molecule is COc1ccc(CN2CCC(C(Cc3ccccc3F)N(C)C(=O)c3cccs3)CC2)cc1. The van der Waals surface area contributed by atoms with Gasteiger partial charge < -0.3 is 9.64 Å². The lowest BCUT2D eigenvalue weighted by atomic mass is 9.84. The van der Waals surface area contributed by atoms with Crippen molar-refractivity contribution >= 4 is 17.2 Å². The average Bonchev–Trinajstić information content (AvgIpc) is 3.39. The molecule has 33 heavy (non-hydrogen) atoms. The number of halogens is 1. The number of carbonyl (C=O) groups excluding carboxylic acids is 1. The van der Waals surface area contributed by atoms with Gasteiger partial charge in [-0.05, 0) is 79.0 Å². The molecule has 4 rings (SSSR count). The van der Waals surface area contributed by atoms with Crippen molar-refractivity contribution in [3.63, 3.8) is 0 Å². The molecule has 4 nitrogen and oxygen atoms in total. The standard InChI is InChI=1S/C27H31FN2O2S/c1-29(27(31)26-8-5-17-33-26)25(18-22-6-3-4-7-24(22)28)21-13-15-30(16-14-21)19-20-9-11-23(32-2)12-10-20/h3-12,17,21,25H,13-16,18-19H2,1-2H3. The van der Waals surface area contributed by atoms with Gasteiger partial charge in [0.2, 0.25) is 0 Å². The first-order valence-electron chi connectivity index (χ1n) is 11.4. The van der Waals surface area contributed by atoms with Crippen LogP contribution in [-0.4, -0.2) is 49.0 Å². The number of benzene rings is 2. The molecule has 174 valence electrons. The highest BCUT2D eigenvalue weighted by Gasteiger charge is 2.32. The summed E-state index contributed by atoms with van der Waals surface area (Å²) >= 11 is 1.45. The summed E-state index contributed by atoms with van der Waals surface area (Å²) in [6.45, 7) is 2.83. The number of amides is 1. The van der Waals surface area contributed by atoms with Crippen molar-refractivity contribution in [3.05, 3.63) is 87.9 Å². The van der Waals surface area contributed by atoms with Crippen molar-refractivity contribution in [2.24, 2.45) is 5.92 Å². The molecule has 2 heterocycles. The predicted molar refractivity (Wildman–Crippen MR) is 131 cm³/mol. The average molecular weight is 467 g/mol. The van der Waals surface area contributed by atoms with Crippen LogP contribution in [-0.2, 0) is 13.0 Å². The summed E-state index contributed by atoms with van der Waals surface area (Å²) in [7, 11) is 3.55. The van der Waals surface area contributed by atoms with Gasteiger partial charge in [-0.25, -0.2) is 4.39 Å². The largest absolute Gasteiger partial charge is 0.497 e. The van der Waals surface area contributed by atoms with Crippen LogP contribution in [0.5, 0.6) is 5.75 Å². The Balaban J connectivity index is 1.45. The van der Waals surface area contributed by atoms with Gasteiger partial charge >= 0.3 is 0 Å². The number of likely N-dealkylation sites (tertiary alicyclic amines) is 1. The minimum absolute atomic E-state index is 0.0204. The van der Waals surface area contributed by atoms with E-state index < -0.39 is 0 Å². The third-order valence-electron chi connectivity index (χ3n) is 6.68. The van der Waals surface area contributed by atoms with Gasteiger partial charge in [0.25, 0.3) is 5.91 Å². The van der Waals surface area contributed by atoms with Crippen molar-refractivity contribution in [2.75, 3.05) is 27.2 Å². The van der Waals surface area contributed by atoms with Crippen LogP contribution in [0.4, 0.5) is 4.39 Å². The summed E-state index contributed by atoms with van der Waals surface area (Å²) in [5, 5.41) is 1.92. The Morgan fingerprint density at radius 2 is 1.85 bits per heavy atom. The van der Waals surface area contributed by atoms with Gasteiger partial charge in [-0.2, -0.15) is 0 Å². The Morgan fingerprint density at radius 3 is 2.48 bits per heavy atom. The van der Waals surface area contributed by atoms with Crippen molar-refractivity contribution in [1.29, 1.82) is 0 Å². The van der Waals surface area contributed by atoms with E-state index in [2.05, 4.69) is 17.0 Å². The second kappa shape index (κ2) is 10.9. The highest BCUT2D eigenvalue weighted by molar-refractivity contribution is 7.12. The van der Waals surface area contributed by atoms with Gasteiger partial charge in [-0.1, -0.05) is 36.4 Å². The second-order valence-electron chi connectivity index (χ2n) is 8.72. The summed E-state index contributed by atoms with van der Waals surface area (Å²) in [6.07, 6.45) is 2.50. The predicted octanol–water partition coefficient (Wildman–Crippen LogP) is 5.49. The fraction of sp³-hybridized carbons (Fsp3) is 0.370. The summed E-state index contributed by atoms with van der Waals surface area (Å²) in [5.74, 6) is 1.01. The zero-order chi connectivity index (χ0) is 23.2. The van der Waals surface area contributed by atoms with Crippen LogP contribution < -0.4 is 4.74 Å². The van der Waals surface area contributed by atoms with Gasteiger partial charge in [0.05, 0.1) is 12.0 Å². The maximum atomic E-state index is 14.5. The molecule has 6 heteroatoms. The molecule has 0 N–H and O–H groups in total. The number of methoxy groups -OCH3 is 1. The smallest absolute Gasteiger partial charge is 0.263 e. The Morgan fingerprint density at radius 1 is 1.12 bits per heavy atom. The fourth-order valence-electron chi connectivity index (χ4n) is 4.72. The molecule has 1 aliphatic heterocycles. The number of hydrogen-bond acceptors (Lipinski definition) is 4. The highest BCUT2D eigenvalue weighted by atomic mass is 32.1. The third-order valence-corrected chi connectivity index (χ3v) is 7.54. The van der Waals surface area contributed by atoms with Crippen LogP contribution in [0.2, 0.25) is 0 Å². The molecule has 0 saturated carbocycles. The Kier molecular flexibility index (Phi) is 7.78. The number of ether oxygens (including phenoxy) is 1. The van der Waals surface area contributed by atoms with Gasteiger partial charge in [0.1, 0.15) is 11.6 Å². The number of piperidine rings is 1. The van der Waals surface area contributed by atoms with Crippen LogP contribution in [0, 0.1) is 11.7 Å². The molecular formula is C27H31FN2O2S. The highest BCUT2D eigenvalue weighted by Crippen LogP contribution is 2.29. The minimum atomic E-state index is -0.198. The lowest BCUT2D eigenvalue weighted by molar-refractivity contribution is 0.0588.